The van der Waals surface area contributed by atoms with Gasteiger partial charge in [-0.15, -0.1) is 0 Å². The third-order valence-electron chi connectivity index (χ3n) is 1.90. The molecular formula is C9H5NO3. The van der Waals surface area contributed by atoms with Gasteiger partial charge in [0.15, 0.2) is 5.78 Å². The Morgan fingerprint density at radius 2 is 1.92 bits per heavy atom. The number of Topliss-reactive ketones (excluding diaryl/α,β-unsaturated/α-hetero) is 3. The van der Waals surface area contributed by atoms with Gasteiger partial charge in [-0.2, -0.15) is 0 Å². The number of carbonyl (C=O) groups excluding carboxylic acids is 3. The van der Waals surface area contributed by atoms with E-state index in [1.54, 1.807) is 6.07 Å². The summed E-state index contributed by atoms with van der Waals surface area (Å²) >= 11 is 0. The van der Waals surface area contributed by atoms with Crippen molar-refractivity contribution in [3.8, 4) is 0 Å². The van der Waals surface area contributed by atoms with Gasteiger partial charge in [-0.1, -0.05) is 0 Å². The Hall–Kier alpha value is -1.84. The summed E-state index contributed by atoms with van der Waals surface area (Å²) in [4.78, 5) is 37.1. The van der Waals surface area contributed by atoms with E-state index in [9.17, 15) is 14.4 Å². The van der Waals surface area contributed by atoms with Crippen molar-refractivity contribution in [2.75, 3.05) is 0 Å². The number of fused-ring (bicyclic) bond motifs is 1. The van der Waals surface area contributed by atoms with Crippen LogP contribution in [0.3, 0.4) is 0 Å². The van der Waals surface area contributed by atoms with Crippen LogP contribution in [0.4, 0.5) is 0 Å². The number of hydrogen-bond acceptors (Lipinski definition) is 4. The second kappa shape index (κ2) is 2.58. The van der Waals surface area contributed by atoms with Crippen LogP contribution in [-0.4, -0.2) is 22.3 Å². The highest BCUT2D eigenvalue weighted by atomic mass is 16.2. The van der Waals surface area contributed by atoms with E-state index in [-0.39, 0.29) is 23.5 Å². The van der Waals surface area contributed by atoms with E-state index in [1.165, 1.54) is 12.3 Å². The van der Waals surface area contributed by atoms with Gasteiger partial charge >= 0.3 is 0 Å². The van der Waals surface area contributed by atoms with E-state index in [2.05, 4.69) is 4.98 Å². The molecule has 0 aliphatic heterocycles. The lowest BCUT2D eigenvalue weighted by atomic mass is 9.93. The van der Waals surface area contributed by atoms with E-state index in [1.807, 2.05) is 0 Å². The third-order valence-corrected chi connectivity index (χ3v) is 1.90. The second-order valence-electron chi connectivity index (χ2n) is 2.75. The molecular weight excluding hydrogens is 170 g/mol. The lowest BCUT2D eigenvalue weighted by Crippen LogP contribution is -2.27. The van der Waals surface area contributed by atoms with Crippen LogP contribution in [0.2, 0.25) is 0 Å². The first-order valence-electron chi connectivity index (χ1n) is 3.76. The highest BCUT2D eigenvalue weighted by molar-refractivity contribution is 6.50. The average Bonchev–Trinajstić information content (AvgIpc) is 2.15. The molecule has 0 amide bonds. The molecule has 0 N–H and O–H groups in total. The van der Waals surface area contributed by atoms with Gasteiger partial charge in [0.1, 0.15) is 5.69 Å². The molecule has 0 saturated heterocycles. The number of rotatable bonds is 0. The largest absolute Gasteiger partial charge is 0.294 e. The minimum atomic E-state index is -0.670. The van der Waals surface area contributed by atoms with E-state index in [0.717, 1.165) is 0 Å². The number of pyridine rings is 1. The summed E-state index contributed by atoms with van der Waals surface area (Å²) < 4.78 is 0. The Morgan fingerprint density at radius 3 is 2.69 bits per heavy atom. The second-order valence-corrected chi connectivity index (χ2v) is 2.75. The van der Waals surface area contributed by atoms with Crippen molar-refractivity contribution < 1.29 is 14.4 Å². The summed E-state index contributed by atoms with van der Waals surface area (Å²) in [6, 6.07) is 3.08. The molecule has 1 aliphatic rings. The van der Waals surface area contributed by atoms with Crippen LogP contribution in [0, 0.1) is 0 Å². The summed E-state index contributed by atoms with van der Waals surface area (Å²) in [6.07, 6.45) is 1.07. The molecule has 0 unspecified atom stereocenters. The summed E-state index contributed by atoms with van der Waals surface area (Å²) in [7, 11) is 0. The van der Waals surface area contributed by atoms with Crippen molar-refractivity contribution in [3.63, 3.8) is 0 Å². The molecule has 0 fully saturated rings. The number of ketones is 3. The normalized spacial score (nSPS) is 15.8. The van der Waals surface area contributed by atoms with Gasteiger partial charge in [-0.05, 0) is 12.1 Å². The van der Waals surface area contributed by atoms with Gasteiger partial charge < -0.3 is 0 Å². The minimum Gasteiger partial charge on any atom is -0.294 e. The zero-order valence-electron chi connectivity index (χ0n) is 6.61. The molecule has 0 spiro atoms. The van der Waals surface area contributed by atoms with Crippen molar-refractivity contribution >= 4 is 17.3 Å². The molecule has 1 heterocycles. The Balaban J connectivity index is 2.67. The molecule has 0 radical (unpaired) electrons. The van der Waals surface area contributed by atoms with Crippen LogP contribution in [0.25, 0.3) is 0 Å². The molecule has 1 aromatic rings. The fourth-order valence-corrected chi connectivity index (χ4v) is 1.26. The maximum absolute atomic E-state index is 11.2. The van der Waals surface area contributed by atoms with Crippen LogP contribution >= 0.6 is 0 Å². The third kappa shape index (κ3) is 1.07. The fraction of sp³-hybridized carbons (Fsp3) is 0.111. The molecule has 4 nitrogen and oxygen atoms in total. The van der Waals surface area contributed by atoms with E-state index in [4.69, 9.17) is 0 Å². The van der Waals surface area contributed by atoms with Gasteiger partial charge in [0.25, 0.3) is 0 Å². The Bertz CT molecular complexity index is 423. The predicted octanol–water partition coefficient (Wildman–Crippen LogP) is 0.420. The van der Waals surface area contributed by atoms with Crippen molar-refractivity contribution in [2.45, 2.75) is 6.42 Å². The SMILES string of the molecule is O=C1CC(=O)c2cccnc2C1=O. The van der Waals surface area contributed by atoms with E-state index >= 15 is 0 Å². The van der Waals surface area contributed by atoms with Crippen LogP contribution < -0.4 is 0 Å². The van der Waals surface area contributed by atoms with Crippen molar-refractivity contribution in [2.24, 2.45) is 0 Å². The summed E-state index contributed by atoms with van der Waals surface area (Å²) in [5.74, 6) is -1.65. The molecule has 2 rings (SSSR count). The topological polar surface area (TPSA) is 64.1 Å². The molecule has 0 atom stereocenters. The number of carbonyl (C=O) groups is 3. The Labute approximate surface area is 73.6 Å². The fourth-order valence-electron chi connectivity index (χ4n) is 1.26. The number of nitrogens with zero attached hydrogens (tertiary/aromatic N) is 1. The maximum Gasteiger partial charge on any atom is 0.248 e. The predicted molar refractivity (Wildman–Crippen MR) is 42.5 cm³/mol. The first kappa shape index (κ1) is 7.79. The Kier molecular flexibility index (Phi) is 1.55. The zero-order valence-corrected chi connectivity index (χ0v) is 6.61. The lowest BCUT2D eigenvalue weighted by molar-refractivity contribution is -0.114. The maximum atomic E-state index is 11.2. The molecule has 0 aromatic carbocycles. The van der Waals surface area contributed by atoms with Crippen molar-refractivity contribution in [3.05, 3.63) is 29.6 Å². The highest BCUT2D eigenvalue weighted by Gasteiger charge is 2.31. The molecule has 13 heavy (non-hydrogen) atoms. The van der Waals surface area contributed by atoms with Crippen molar-refractivity contribution in [1.82, 2.24) is 4.98 Å². The van der Waals surface area contributed by atoms with Gasteiger partial charge in [0.05, 0.1) is 6.42 Å². The van der Waals surface area contributed by atoms with Crippen LogP contribution in [0.15, 0.2) is 18.3 Å². The molecule has 1 aliphatic carbocycles. The van der Waals surface area contributed by atoms with Gasteiger partial charge in [0.2, 0.25) is 11.6 Å². The minimum absolute atomic E-state index is 0.0104. The summed E-state index contributed by atoms with van der Waals surface area (Å²) in [5, 5.41) is 0. The molecule has 0 bridgehead atoms. The molecule has 64 valence electrons. The quantitative estimate of drug-likeness (QED) is 0.423. The summed E-state index contributed by atoms with van der Waals surface area (Å²) in [5.41, 5.74) is 0.246. The van der Waals surface area contributed by atoms with Crippen LogP contribution in [0.5, 0.6) is 0 Å². The van der Waals surface area contributed by atoms with E-state index in [0.29, 0.717) is 0 Å². The molecule has 1 aromatic heterocycles. The highest BCUT2D eigenvalue weighted by Crippen LogP contribution is 2.16. The lowest BCUT2D eigenvalue weighted by Gasteiger charge is -2.09. The first-order valence-corrected chi connectivity index (χ1v) is 3.76. The van der Waals surface area contributed by atoms with Crippen molar-refractivity contribution in [1.29, 1.82) is 0 Å². The number of aromatic nitrogens is 1. The Morgan fingerprint density at radius 1 is 1.15 bits per heavy atom. The first-order chi connectivity index (χ1) is 6.20. The van der Waals surface area contributed by atoms with Gasteiger partial charge in [0, 0.05) is 11.8 Å². The zero-order chi connectivity index (χ0) is 9.42. The van der Waals surface area contributed by atoms with Gasteiger partial charge in [-0.3, -0.25) is 19.4 Å². The van der Waals surface area contributed by atoms with E-state index < -0.39 is 11.6 Å². The molecule has 4 heteroatoms. The molecule has 0 saturated carbocycles. The number of hydrogen-bond donors (Lipinski definition) is 0. The van der Waals surface area contributed by atoms with Crippen LogP contribution in [-0.2, 0) is 4.79 Å². The van der Waals surface area contributed by atoms with Crippen LogP contribution in [0.1, 0.15) is 27.3 Å². The summed E-state index contributed by atoms with van der Waals surface area (Å²) in [6.45, 7) is 0. The average molecular weight is 175 g/mol. The smallest absolute Gasteiger partial charge is 0.248 e. The van der Waals surface area contributed by atoms with Gasteiger partial charge in [-0.25, -0.2) is 0 Å². The monoisotopic (exact) mass is 175 g/mol. The standard InChI is InChI=1S/C9H5NO3/c11-6-4-7(12)9(13)8-5(6)2-1-3-10-8/h1-3H,4H2.